The zero-order chi connectivity index (χ0) is 8.97. The third-order valence-electron chi connectivity index (χ3n) is 1.44. The Bertz CT molecular complexity index is 270. The molecular weight excluding hydrogens is 160 g/mol. The zero-order valence-corrected chi connectivity index (χ0v) is 6.47. The van der Waals surface area contributed by atoms with Crippen molar-refractivity contribution in [2.45, 2.75) is 19.6 Å². The Hall–Kier alpha value is -1.43. The van der Waals surface area contributed by atoms with Gasteiger partial charge in [-0.2, -0.15) is 0 Å². The van der Waals surface area contributed by atoms with Crippen LogP contribution >= 0.6 is 0 Å². The van der Waals surface area contributed by atoms with Gasteiger partial charge in [-0.1, -0.05) is 0 Å². The molecule has 0 radical (unpaired) electrons. The first-order chi connectivity index (χ1) is 5.74. The lowest BCUT2D eigenvalue weighted by Crippen LogP contribution is -2.14. The molecule has 1 aromatic rings. The molecule has 0 atom stereocenters. The summed E-state index contributed by atoms with van der Waals surface area (Å²) in [5.41, 5.74) is 4.94. The summed E-state index contributed by atoms with van der Waals surface area (Å²) in [5, 5.41) is 15.9. The first-order valence-electron chi connectivity index (χ1n) is 3.50. The molecule has 0 aliphatic carbocycles. The van der Waals surface area contributed by atoms with Crippen LogP contribution in [-0.2, 0) is 17.9 Å². The quantitative estimate of drug-likeness (QED) is 0.583. The monoisotopic (exact) mass is 170 g/mol. The van der Waals surface area contributed by atoms with E-state index in [0.29, 0.717) is 12.4 Å². The standard InChI is InChI=1S/C6H10N4O2/c7-5(12)1-2-10-4-8-9-6(10)3-11/h4,11H,1-3H2,(H2,7,12). The summed E-state index contributed by atoms with van der Waals surface area (Å²) in [5.74, 6) is 0.0591. The van der Waals surface area contributed by atoms with E-state index in [9.17, 15) is 4.79 Å². The highest BCUT2D eigenvalue weighted by molar-refractivity contribution is 5.73. The van der Waals surface area contributed by atoms with Gasteiger partial charge in [-0.3, -0.25) is 4.79 Å². The summed E-state index contributed by atoms with van der Waals surface area (Å²) in [7, 11) is 0. The van der Waals surface area contributed by atoms with Crippen LogP contribution in [0.5, 0.6) is 0 Å². The topological polar surface area (TPSA) is 94.0 Å². The summed E-state index contributed by atoms with van der Waals surface area (Å²) in [4.78, 5) is 10.4. The van der Waals surface area contributed by atoms with Crippen molar-refractivity contribution in [2.75, 3.05) is 0 Å². The summed E-state index contributed by atoms with van der Waals surface area (Å²) in [6, 6.07) is 0. The van der Waals surface area contributed by atoms with Crippen LogP contribution in [0.1, 0.15) is 12.2 Å². The summed E-state index contributed by atoms with van der Waals surface area (Å²) in [6.07, 6.45) is 1.68. The number of hydrogen-bond acceptors (Lipinski definition) is 4. The molecule has 0 bridgehead atoms. The van der Waals surface area contributed by atoms with E-state index in [2.05, 4.69) is 10.2 Å². The largest absolute Gasteiger partial charge is 0.388 e. The summed E-state index contributed by atoms with van der Waals surface area (Å²) < 4.78 is 1.59. The molecule has 12 heavy (non-hydrogen) atoms. The molecule has 66 valence electrons. The summed E-state index contributed by atoms with van der Waals surface area (Å²) >= 11 is 0. The highest BCUT2D eigenvalue weighted by atomic mass is 16.3. The second kappa shape index (κ2) is 3.82. The van der Waals surface area contributed by atoms with Gasteiger partial charge in [-0.15, -0.1) is 10.2 Å². The van der Waals surface area contributed by atoms with Crippen LogP contribution in [0.3, 0.4) is 0 Å². The van der Waals surface area contributed by atoms with Crippen LogP contribution in [0.15, 0.2) is 6.33 Å². The number of aliphatic hydroxyl groups is 1. The van der Waals surface area contributed by atoms with Gasteiger partial charge in [-0.25, -0.2) is 0 Å². The van der Waals surface area contributed by atoms with Crippen LogP contribution in [0.4, 0.5) is 0 Å². The van der Waals surface area contributed by atoms with Gasteiger partial charge in [0.15, 0.2) is 5.82 Å². The van der Waals surface area contributed by atoms with Gasteiger partial charge in [0, 0.05) is 13.0 Å². The van der Waals surface area contributed by atoms with E-state index in [-0.39, 0.29) is 18.9 Å². The first-order valence-corrected chi connectivity index (χ1v) is 3.50. The molecule has 0 aliphatic heterocycles. The number of rotatable bonds is 4. The molecule has 6 heteroatoms. The van der Waals surface area contributed by atoms with Gasteiger partial charge in [0.2, 0.25) is 5.91 Å². The van der Waals surface area contributed by atoms with Gasteiger partial charge in [0.05, 0.1) is 0 Å². The minimum absolute atomic E-state index is 0.182. The normalized spacial score (nSPS) is 10.1. The average molecular weight is 170 g/mol. The molecule has 0 unspecified atom stereocenters. The number of nitrogens with two attached hydrogens (primary N) is 1. The molecule has 0 fully saturated rings. The molecule has 0 saturated carbocycles. The number of aryl methyl sites for hydroxylation is 1. The van der Waals surface area contributed by atoms with Crippen LogP contribution < -0.4 is 5.73 Å². The van der Waals surface area contributed by atoms with E-state index in [4.69, 9.17) is 10.8 Å². The molecule has 3 N–H and O–H groups in total. The van der Waals surface area contributed by atoms with Gasteiger partial charge in [-0.05, 0) is 0 Å². The number of aliphatic hydroxyl groups excluding tert-OH is 1. The molecule has 6 nitrogen and oxygen atoms in total. The van der Waals surface area contributed by atoms with Crippen molar-refractivity contribution in [3.05, 3.63) is 12.2 Å². The third kappa shape index (κ3) is 2.03. The Morgan fingerprint density at radius 3 is 3.08 bits per heavy atom. The van der Waals surface area contributed by atoms with E-state index in [1.54, 1.807) is 4.57 Å². The second-order valence-electron chi connectivity index (χ2n) is 2.31. The molecule has 1 heterocycles. The Kier molecular flexibility index (Phi) is 2.76. The van der Waals surface area contributed by atoms with Crippen LogP contribution in [0.25, 0.3) is 0 Å². The predicted octanol–water partition coefficient (Wildman–Crippen LogP) is -1.35. The Morgan fingerprint density at radius 2 is 2.50 bits per heavy atom. The highest BCUT2D eigenvalue weighted by Gasteiger charge is 2.02. The Balaban J connectivity index is 2.56. The molecule has 1 aromatic heterocycles. The van der Waals surface area contributed by atoms with E-state index in [1.807, 2.05) is 0 Å². The number of carbonyl (C=O) groups is 1. The fraction of sp³-hybridized carbons (Fsp3) is 0.500. The minimum atomic E-state index is -0.382. The van der Waals surface area contributed by atoms with Crippen molar-refractivity contribution in [1.29, 1.82) is 0 Å². The molecule has 1 amide bonds. The number of amides is 1. The Labute approximate surface area is 69.0 Å². The van der Waals surface area contributed by atoms with E-state index < -0.39 is 0 Å². The molecule has 0 saturated heterocycles. The lowest BCUT2D eigenvalue weighted by atomic mass is 10.4. The lowest BCUT2D eigenvalue weighted by Gasteiger charge is -2.01. The number of hydrogen-bond donors (Lipinski definition) is 2. The predicted molar refractivity (Wildman–Crippen MR) is 39.8 cm³/mol. The highest BCUT2D eigenvalue weighted by Crippen LogP contribution is 1.95. The Morgan fingerprint density at radius 1 is 1.75 bits per heavy atom. The van der Waals surface area contributed by atoms with Crippen molar-refractivity contribution in [1.82, 2.24) is 14.8 Å². The number of primary amides is 1. The fourth-order valence-electron chi connectivity index (χ4n) is 0.819. The molecular formula is C6H10N4O2. The number of nitrogens with zero attached hydrogens (tertiary/aromatic N) is 3. The lowest BCUT2D eigenvalue weighted by molar-refractivity contribution is -0.118. The number of aromatic nitrogens is 3. The maximum atomic E-state index is 10.4. The van der Waals surface area contributed by atoms with Crippen LogP contribution in [-0.4, -0.2) is 25.8 Å². The third-order valence-corrected chi connectivity index (χ3v) is 1.44. The molecule has 0 spiro atoms. The summed E-state index contributed by atoms with van der Waals surface area (Å²) in [6.45, 7) is 0.233. The van der Waals surface area contributed by atoms with Crippen molar-refractivity contribution >= 4 is 5.91 Å². The van der Waals surface area contributed by atoms with Gasteiger partial charge >= 0.3 is 0 Å². The van der Waals surface area contributed by atoms with Gasteiger partial charge in [0.1, 0.15) is 12.9 Å². The van der Waals surface area contributed by atoms with Crippen LogP contribution in [0, 0.1) is 0 Å². The first kappa shape index (κ1) is 8.66. The SMILES string of the molecule is NC(=O)CCn1cnnc1CO. The van der Waals surface area contributed by atoms with Crippen molar-refractivity contribution in [3.8, 4) is 0 Å². The second-order valence-corrected chi connectivity index (χ2v) is 2.31. The van der Waals surface area contributed by atoms with E-state index in [1.165, 1.54) is 6.33 Å². The van der Waals surface area contributed by atoms with Gasteiger partial charge < -0.3 is 15.4 Å². The van der Waals surface area contributed by atoms with E-state index >= 15 is 0 Å². The molecule has 0 aromatic carbocycles. The van der Waals surface area contributed by atoms with Crippen LogP contribution in [0.2, 0.25) is 0 Å². The number of carbonyl (C=O) groups excluding carboxylic acids is 1. The fourth-order valence-corrected chi connectivity index (χ4v) is 0.819. The zero-order valence-electron chi connectivity index (χ0n) is 6.47. The molecule has 1 rings (SSSR count). The van der Waals surface area contributed by atoms with Gasteiger partial charge in [0.25, 0.3) is 0 Å². The van der Waals surface area contributed by atoms with E-state index in [0.717, 1.165) is 0 Å². The maximum absolute atomic E-state index is 10.4. The smallest absolute Gasteiger partial charge is 0.219 e. The maximum Gasteiger partial charge on any atom is 0.219 e. The average Bonchev–Trinajstić information content (AvgIpc) is 2.47. The molecule has 0 aliphatic rings. The van der Waals surface area contributed by atoms with Crippen molar-refractivity contribution in [2.24, 2.45) is 5.73 Å². The van der Waals surface area contributed by atoms with Crippen molar-refractivity contribution < 1.29 is 9.90 Å². The minimum Gasteiger partial charge on any atom is -0.388 e. The van der Waals surface area contributed by atoms with Crippen molar-refractivity contribution in [3.63, 3.8) is 0 Å².